The van der Waals surface area contributed by atoms with Crippen molar-refractivity contribution in [3.05, 3.63) is 199 Å². The van der Waals surface area contributed by atoms with Crippen LogP contribution in [0.5, 0.6) is 0 Å². The summed E-state index contributed by atoms with van der Waals surface area (Å²) < 4.78 is 2.61. The van der Waals surface area contributed by atoms with Crippen LogP contribution >= 0.6 is 11.3 Å². The van der Waals surface area contributed by atoms with Gasteiger partial charge in [0.05, 0.1) is 10.4 Å². The van der Waals surface area contributed by atoms with Crippen LogP contribution in [0.4, 0.5) is 17.1 Å². The maximum atomic E-state index is 2.47. The van der Waals surface area contributed by atoms with Gasteiger partial charge >= 0.3 is 0 Å². The van der Waals surface area contributed by atoms with Gasteiger partial charge < -0.3 is 4.90 Å². The van der Waals surface area contributed by atoms with E-state index in [9.17, 15) is 0 Å². The summed E-state index contributed by atoms with van der Waals surface area (Å²) in [5, 5.41) is 7.63. The molecular weight excluding hydrogens is 683 g/mol. The van der Waals surface area contributed by atoms with Gasteiger partial charge in [-0.1, -0.05) is 147 Å². The van der Waals surface area contributed by atoms with E-state index in [-0.39, 0.29) is 5.41 Å². The third-order valence-corrected chi connectivity index (χ3v) is 13.0. The molecular formula is C53H37NS. The quantitative estimate of drug-likeness (QED) is 0.171. The largest absolute Gasteiger partial charge is 0.309 e. The van der Waals surface area contributed by atoms with Gasteiger partial charge in [-0.3, -0.25) is 0 Å². The molecule has 2 heteroatoms. The summed E-state index contributed by atoms with van der Waals surface area (Å²) in [6, 6.07) is 69.7. The van der Waals surface area contributed by atoms with Crippen LogP contribution in [-0.2, 0) is 5.41 Å². The van der Waals surface area contributed by atoms with Crippen LogP contribution in [0.15, 0.2) is 188 Å². The first-order valence-electron chi connectivity index (χ1n) is 19.1. The van der Waals surface area contributed by atoms with Gasteiger partial charge in [-0.05, 0) is 121 Å². The lowest BCUT2D eigenvalue weighted by Gasteiger charge is -2.28. The summed E-state index contributed by atoms with van der Waals surface area (Å²) in [6.45, 7) is 4.72. The third-order valence-electron chi connectivity index (χ3n) is 11.8. The Kier molecular flexibility index (Phi) is 7.14. The summed E-state index contributed by atoms with van der Waals surface area (Å²) in [7, 11) is 0. The van der Waals surface area contributed by atoms with Crippen molar-refractivity contribution in [2.45, 2.75) is 19.3 Å². The maximum Gasteiger partial charge on any atom is 0.0640 e. The number of thiophene rings is 1. The molecule has 0 N–H and O–H groups in total. The second kappa shape index (κ2) is 12.3. The average molecular weight is 720 g/mol. The number of hydrogen-bond donors (Lipinski definition) is 0. The minimum atomic E-state index is -0.0899. The van der Waals surface area contributed by atoms with E-state index in [1.54, 1.807) is 0 Å². The van der Waals surface area contributed by atoms with Gasteiger partial charge in [-0.25, -0.2) is 0 Å². The molecule has 1 heterocycles. The van der Waals surface area contributed by atoms with Crippen molar-refractivity contribution in [2.24, 2.45) is 0 Å². The molecule has 10 aromatic rings. The van der Waals surface area contributed by atoms with Crippen LogP contribution in [-0.4, -0.2) is 0 Å². The number of rotatable bonds is 5. The summed E-state index contributed by atoms with van der Waals surface area (Å²) in [4.78, 5) is 2.47. The molecule has 55 heavy (non-hydrogen) atoms. The zero-order valence-corrected chi connectivity index (χ0v) is 31.6. The highest BCUT2D eigenvalue weighted by atomic mass is 32.1. The Bertz CT molecular complexity index is 3130. The fraction of sp³-hybridized carbons (Fsp3) is 0.0566. The monoisotopic (exact) mass is 719 g/mol. The Balaban J connectivity index is 0.998. The van der Waals surface area contributed by atoms with Crippen LogP contribution in [0.3, 0.4) is 0 Å². The van der Waals surface area contributed by atoms with E-state index < -0.39 is 0 Å². The van der Waals surface area contributed by atoms with E-state index in [1.807, 2.05) is 11.3 Å². The van der Waals surface area contributed by atoms with E-state index in [4.69, 9.17) is 0 Å². The molecule has 0 bridgehead atoms. The first-order valence-corrected chi connectivity index (χ1v) is 19.9. The number of benzene rings is 9. The number of hydrogen-bond acceptors (Lipinski definition) is 2. The lowest BCUT2D eigenvalue weighted by atomic mass is 9.82. The van der Waals surface area contributed by atoms with Gasteiger partial charge in [0.1, 0.15) is 0 Å². The molecule has 9 aromatic carbocycles. The van der Waals surface area contributed by atoms with Crippen molar-refractivity contribution in [3.8, 4) is 33.4 Å². The van der Waals surface area contributed by atoms with E-state index in [0.717, 1.165) is 5.69 Å². The van der Waals surface area contributed by atoms with E-state index in [2.05, 4.69) is 207 Å². The standard InChI is InChI=1S/C53H37NS/c1-53(2)48-15-7-5-12-44(48)45-29-28-43(33-49(45)53)54(50-16-9-14-47-46-13-6-8-17-51(46)55-52(47)50)42-26-24-35(25-27-42)37-20-21-40-32-41(23-22-39(40)31-37)38-19-18-34-10-3-4-11-36(34)30-38/h3-33H,1-2H3. The van der Waals surface area contributed by atoms with E-state index >= 15 is 0 Å². The number of anilines is 3. The average Bonchev–Trinajstić information content (AvgIpc) is 3.73. The van der Waals surface area contributed by atoms with Gasteiger partial charge in [0.15, 0.2) is 0 Å². The summed E-state index contributed by atoms with van der Waals surface area (Å²) >= 11 is 1.88. The number of fused-ring (bicyclic) bond motifs is 8. The molecule has 11 rings (SSSR count). The van der Waals surface area contributed by atoms with Crippen LogP contribution in [0.25, 0.3) is 75.1 Å². The molecule has 0 aliphatic heterocycles. The molecule has 1 aliphatic rings. The second-order valence-corrected chi connectivity index (χ2v) is 16.4. The Morgan fingerprint density at radius 1 is 0.400 bits per heavy atom. The second-order valence-electron chi connectivity index (χ2n) is 15.4. The fourth-order valence-corrected chi connectivity index (χ4v) is 10.2. The lowest BCUT2D eigenvalue weighted by molar-refractivity contribution is 0.660. The lowest BCUT2D eigenvalue weighted by Crippen LogP contribution is -2.16. The zero-order valence-electron chi connectivity index (χ0n) is 30.8. The van der Waals surface area contributed by atoms with Crippen molar-refractivity contribution in [1.82, 2.24) is 0 Å². The van der Waals surface area contributed by atoms with Crippen molar-refractivity contribution < 1.29 is 0 Å². The normalized spacial score (nSPS) is 13.1. The molecule has 0 atom stereocenters. The molecule has 1 aliphatic carbocycles. The summed E-state index contributed by atoms with van der Waals surface area (Å²) in [6.07, 6.45) is 0. The molecule has 1 nitrogen and oxygen atoms in total. The molecule has 0 saturated carbocycles. The van der Waals surface area contributed by atoms with Crippen molar-refractivity contribution in [2.75, 3.05) is 4.90 Å². The topological polar surface area (TPSA) is 3.24 Å². The molecule has 0 radical (unpaired) electrons. The van der Waals surface area contributed by atoms with Gasteiger partial charge in [0.25, 0.3) is 0 Å². The van der Waals surface area contributed by atoms with Gasteiger partial charge in [0.2, 0.25) is 0 Å². The predicted molar refractivity (Wildman–Crippen MR) is 237 cm³/mol. The molecule has 0 unspecified atom stereocenters. The SMILES string of the molecule is CC1(C)c2ccccc2-c2ccc(N(c3ccc(-c4ccc5cc(-c6ccc7ccccc7c6)ccc5c4)cc3)c3cccc4c3sc3ccccc34)cc21. The van der Waals surface area contributed by atoms with E-state index in [1.165, 1.54) is 97.6 Å². The highest BCUT2D eigenvalue weighted by Gasteiger charge is 2.35. The van der Waals surface area contributed by atoms with Gasteiger partial charge in [-0.15, -0.1) is 11.3 Å². The molecule has 1 aromatic heterocycles. The Labute approximate surface area is 325 Å². The van der Waals surface area contributed by atoms with Crippen molar-refractivity contribution >= 4 is 70.1 Å². The maximum absolute atomic E-state index is 2.47. The predicted octanol–water partition coefficient (Wildman–Crippen LogP) is 15.5. The first kappa shape index (κ1) is 32.0. The zero-order chi connectivity index (χ0) is 36.7. The van der Waals surface area contributed by atoms with E-state index in [0.29, 0.717) is 0 Å². The summed E-state index contributed by atoms with van der Waals surface area (Å²) in [5.41, 5.74) is 13.8. The molecule has 0 saturated heterocycles. The van der Waals surface area contributed by atoms with Gasteiger partial charge in [0, 0.05) is 32.3 Å². The third kappa shape index (κ3) is 5.13. The van der Waals surface area contributed by atoms with Crippen LogP contribution < -0.4 is 4.90 Å². The fourth-order valence-electron chi connectivity index (χ4n) is 8.94. The minimum Gasteiger partial charge on any atom is -0.309 e. The molecule has 260 valence electrons. The highest BCUT2D eigenvalue weighted by Crippen LogP contribution is 2.52. The highest BCUT2D eigenvalue weighted by molar-refractivity contribution is 7.26. The Hall–Kier alpha value is -6.48. The number of nitrogens with zero attached hydrogens (tertiary/aromatic N) is 1. The Morgan fingerprint density at radius 3 is 1.75 bits per heavy atom. The van der Waals surface area contributed by atoms with Crippen molar-refractivity contribution in [3.63, 3.8) is 0 Å². The molecule has 0 fully saturated rings. The van der Waals surface area contributed by atoms with Crippen LogP contribution in [0.2, 0.25) is 0 Å². The van der Waals surface area contributed by atoms with Crippen molar-refractivity contribution in [1.29, 1.82) is 0 Å². The van der Waals surface area contributed by atoms with Crippen LogP contribution in [0, 0.1) is 0 Å². The smallest absolute Gasteiger partial charge is 0.0640 e. The Morgan fingerprint density at radius 2 is 0.964 bits per heavy atom. The van der Waals surface area contributed by atoms with Crippen LogP contribution in [0.1, 0.15) is 25.0 Å². The molecule has 0 spiro atoms. The van der Waals surface area contributed by atoms with Gasteiger partial charge in [-0.2, -0.15) is 0 Å². The molecule has 0 amide bonds. The minimum absolute atomic E-state index is 0.0899. The summed E-state index contributed by atoms with van der Waals surface area (Å²) in [5.74, 6) is 0. The first-order chi connectivity index (χ1) is 27.0.